The first-order valence-corrected chi connectivity index (χ1v) is 10.3. The Balaban J connectivity index is 1.75. The number of carbonyl (C=O) groups excluding carboxylic acids is 2. The molecule has 0 unspecified atom stereocenters. The predicted molar refractivity (Wildman–Crippen MR) is 125 cm³/mol. The minimum absolute atomic E-state index is 0.0533. The minimum atomic E-state index is -1.02. The third-order valence-electron chi connectivity index (χ3n) is 5.34. The molecule has 0 radical (unpaired) electrons. The normalized spacial score (nSPS) is 15.2. The lowest BCUT2D eigenvalue weighted by Crippen LogP contribution is -2.54. The first-order chi connectivity index (χ1) is 15.7. The van der Waals surface area contributed by atoms with Gasteiger partial charge in [-0.25, -0.2) is 14.1 Å². The number of rotatable bonds is 4. The van der Waals surface area contributed by atoms with E-state index in [1.807, 2.05) is 18.4 Å². The van der Waals surface area contributed by atoms with Gasteiger partial charge >= 0.3 is 5.97 Å². The molecule has 1 aliphatic rings. The lowest BCUT2D eigenvalue weighted by atomic mass is 10.1. The summed E-state index contributed by atoms with van der Waals surface area (Å²) in [5.41, 5.74) is 2.80. The summed E-state index contributed by atoms with van der Waals surface area (Å²) >= 11 is 5.12. The second kappa shape index (κ2) is 8.44. The number of hydrogen-bond acceptors (Lipinski definition) is 4. The molecular formula is C24H18FN3O4S. The highest BCUT2D eigenvalue weighted by molar-refractivity contribution is 7.80. The van der Waals surface area contributed by atoms with Crippen LogP contribution in [0, 0.1) is 19.7 Å². The molecule has 1 aliphatic heterocycles. The topological polar surface area (TPSA) is 91.6 Å². The molecule has 0 aliphatic carbocycles. The molecule has 2 aromatic carbocycles. The molecule has 1 fully saturated rings. The van der Waals surface area contributed by atoms with Gasteiger partial charge in [-0.3, -0.25) is 14.9 Å². The number of carboxylic acids is 1. The van der Waals surface area contributed by atoms with E-state index in [-0.39, 0.29) is 21.9 Å². The van der Waals surface area contributed by atoms with Crippen LogP contribution in [-0.2, 0) is 9.59 Å². The standard InChI is InChI=1S/C24H18FN3O4S/c1-13-11-16(14(2)27(13)17-9-7-15(8-10-17)23(31)32)12-18-21(29)26-24(33)28(22(18)30)20-6-4-3-5-19(20)25/h3-12H,1-2H3,(H,31,32)(H,26,29,33)/b18-12+. The maximum absolute atomic E-state index is 14.3. The van der Waals surface area contributed by atoms with Crippen molar-refractivity contribution in [2.45, 2.75) is 13.8 Å². The van der Waals surface area contributed by atoms with Crippen molar-refractivity contribution in [3.8, 4) is 5.69 Å². The molecule has 3 aromatic rings. The second-order valence-corrected chi connectivity index (χ2v) is 7.81. The van der Waals surface area contributed by atoms with Crippen molar-refractivity contribution in [1.82, 2.24) is 9.88 Å². The minimum Gasteiger partial charge on any atom is -0.478 e. The molecular weight excluding hydrogens is 445 g/mol. The number of thiocarbonyl (C=S) groups is 1. The third kappa shape index (κ3) is 3.94. The Morgan fingerprint density at radius 3 is 2.39 bits per heavy atom. The fourth-order valence-corrected chi connectivity index (χ4v) is 4.02. The molecule has 4 rings (SSSR count). The summed E-state index contributed by atoms with van der Waals surface area (Å²) < 4.78 is 16.2. The van der Waals surface area contributed by atoms with Crippen molar-refractivity contribution < 1.29 is 23.9 Å². The van der Waals surface area contributed by atoms with E-state index in [1.54, 1.807) is 24.3 Å². The summed E-state index contributed by atoms with van der Waals surface area (Å²) in [7, 11) is 0. The first-order valence-electron chi connectivity index (χ1n) is 9.87. The van der Waals surface area contributed by atoms with Crippen molar-refractivity contribution >= 4 is 46.9 Å². The van der Waals surface area contributed by atoms with E-state index in [9.17, 15) is 18.8 Å². The van der Waals surface area contributed by atoms with Crippen LogP contribution >= 0.6 is 12.2 Å². The molecule has 7 nitrogen and oxygen atoms in total. The van der Waals surface area contributed by atoms with Gasteiger partial charge in [0.05, 0.1) is 11.3 Å². The lowest BCUT2D eigenvalue weighted by Gasteiger charge is -2.29. The number of benzene rings is 2. The van der Waals surface area contributed by atoms with Crippen LogP contribution < -0.4 is 10.2 Å². The number of amides is 2. The van der Waals surface area contributed by atoms with Crippen LogP contribution in [0.5, 0.6) is 0 Å². The molecule has 2 N–H and O–H groups in total. The number of carbonyl (C=O) groups is 3. The van der Waals surface area contributed by atoms with Crippen LogP contribution in [0.25, 0.3) is 11.8 Å². The largest absolute Gasteiger partial charge is 0.478 e. The molecule has 0 bridgehead atoms. The van der Waals surface area contributed by atoms with Gasteiger partial charge in [-0.2, -0.15) is 0 Å². The second-order valence-electron chi connectivity index (χ2n) is 7.42. The molecule has 9 heteroatoms. The van der Waals surface area contributed by atoms with Gasteiger partial charge in [0, 0.05) is 17.1 Å². The predicted octanol–water partition coefficient (Wildman–Crippen LogP) is 3.76. The average molecular weight is 463 g/mol. The molecule has 33 heavy (non-hydrogen) atoms. The van der Waals surface area contributed by atoms with Crippen molar-refractivity contribution in [1.29, 1.82) is 0 Å². The number of para-hydroxylation sites is 1. The van der Waals surface area contributed by atoms with Crippen molar-refractivity contribution in [2.24, 2.45) is 0 Å². The van der Waals surface area contributed by atoms with Crippen LogP contribution in [0.1, 0.15) is 27.3 Å². The van der Waals surface area contributed by atoms with Crippen LogP contribution in [0.3, 0.4) is 0 Å². The zero-order valence-electron chi connectivity index (χ0n) is 17.6. The molecule has 1 saturated heterocycles. The van der Waals surface area contributed by atoms with Gasteiger partial charge in [-0.1, -0.05) is 12.1 Å². The fourth-order valence-electron chi connectivity index (χ4n) is 3.75. The average Bonchev–Trinajstić information content (AvgIpc) is 3.05. The van der Waals surface area contributed by atoms with E-state index in [2.05, 4.69) is 5.32 Å². The van der Waals surface area contributed by atoms with Crippen LogP contribution in [0.2, 0.25) is 0 Å². The highest BCUT2D eigenvalue weighted by Crippen LogP contribution is 2.27. The van der Waals surface area contributed by atoms with Gasteiger partial charge in [0.15, 0.2) is 5.11 Å². The molecule has 2 amide bonds. The van der Waals surface area contributed by atoms with Crippen molar-refractivity contribution in [2.75, 3.05) is 4.90 Å². The highest BCUT2D eigenvalue weighted by Gasteiger charge is 2.35. The lowest BCUT2D eigenvalue weighted by molar-refractivity contribution is -0.122. The van der Waals surface area contributed by atoms with E-state index in [0.29, 0.717) is 5.56 Å². The number of aromatic carboxylic acids is 1. The van der Waals surface area contributed by atoms with Gasteiger partial charge in [-0.15, -0.1) is 0 Å². The van der Waals surface area contributed by atoms with E-state index >= 15 is 0 Å². The molecule has 0 atom stereocenters. The van der Waals surface area contributed by atoms with Crippen molar-refractivity contribution in [3.63, 3.8) is 0 Å². The maximum Gasteiger partial charge on any atom is 0.335 e. The third-order valence-corrected chi connectivity index (χ3v) is 5.62. The molecule has 1 aromatic heterocycles. The summed E-state index contributed by atoms with van der Waals surface area (Å²) in [6.07, 6.45) is 1.44. The summed E-state index contributed by atoms with van der Waals surface area (Å²) in [5, 5.41) is 11.4. The van der Waals surface area contributed by atoms with Gasteiger partial charge in [-0.05, 0) is 80.2 Å². The molecule has 0 saturated carbocycles. The first kappa shape index (κ1) is 22.1. The van der Waals surface area contributed by atoms with Gasteiger partial charge in [0.2, 0.25) is 0 Å². The van der Waals surface area contributed by atoms with Crippen LogP contribution in [0.15, 0.2) is 60.2 Å². The van der Waals surface area contributed by atoms with Gasteiger partial charge in [0.25, 0.3) is 11.8 Å². The Morgan fingerprint density at radius 1 is 1.09 bits per heavy atom. The number of anilines is 1. The number of nitrogens with one attached hydrogen (secondary N) is 1. The summed E-state index contributed by atoms with van der Waals surface area (Å²) in [6, 6.07) is 13.8. The zero-order valence-corrected chi connectivity index (χ0v) is 18.4. The number of carboxylic acid groups (broad SMARTS) is 1. The van der Waals surface area contributed by atoms with E-state index < -0.39 is 23.6 Å². The smallest absolute Gasteiger partial charge is 0.335 e. The zero-order chi connectivity index (χ0) is 23.9. The Morgan fingerprint density at radius 2 is 1.76 bits per heavy atom. The van der Waals surface area contributed by atoms with Crippen molar-refractivity contribution in [3.05, 3.63) is 88.5 Å². The number of aryl methyl sites for hydroxylation is 1. The van der Waals surface area contributed by atoms with Crippen LogP contribution in [0.4, 0.5) is 10.1 Å². The number of nitrogens with zero attached hydrogens (tertiary/aromatic N) is 2. The van der Waals surface area contributed by atoms with Crippen LogP contribution in [-0.4, -0.2) is 32.6 Å². The number of aromatic nitrogens is 1. The maximum atomic E-state index is 14.3. The number of hydrogen-bond donors (Lipinski definition) is 2. The van der Waals surface area contributed by atoms with Gasteiger partial charge < -0.3 is 9.67 Å². The van der Waals surface area contributed by atoms with Gasteiger partial charge in [0.1, 0.15) is 11.4 Å². The summed E-state index contributed by atoms with van der Waals surface area (Å²) in [6.45, 7) is 3.67. The monoisotopic (exact) mass is 463 g/mol. The number of halogens is 1. The molecule has 2 heterocycles. The Labute approximate surface area is 193 Å². The van der Waals surface area contributed by atoms with E-state index in [1.165, 1.54) is 36.4 Å². The Kier molecular flexibility index (Phi) is 5.65. The van der Waals surface area contributed by atoms with E-state index in [4.69, 9.17) is 17.3 Å². The highest BCUT2D eigenvalue weighted by atomic mass is 32.1. The SMILES string of the molecule is Cc1cc(/C=C2\C(=O)NC(=S)N(c3ccccc3F)C2=O)c(C)n1-c1ccc(C(=O)O)cc1. The summed E-state index contributed by atoms with van der Waals surface area (Å²) in [5.74, 6) is -3.07. The Bertz CT molecular complexity index is 1360. The molecule has 0 spiro atoms. The molecule has 166 valence electrons. The fraction of sp³-hybridized carbons (Fsp3) is 0.0833. The van der Waals surface area contributed by atoms with E-state index in [0.717, 1.165) is 22.0 Å². The summed E-state index contributed by atoms with van der Waals surface area (Å²) in [4.78, 5) is 37.8. The Hall–Kier alpha value is -4.11. The quantitative estimate of drug-likeness (QED) is 0.349.